The van der Waals surface area contributed by atoms with E-state index in [9.17, 15) is 22.3 Å². The van der Waals surface area contributed by atoms with E-state index < -0.39 is 41.1 Å². The number of halogens is 2. The SMILES string of the molecule is COc1cccc(-c2nnc(N(CC[Si](C)(C)C)S(=O)(=O)[C@H](C)[C@@H](O)c3ccc(F)cc3F)n2-c2c(OC)cccc2OC)n1. The van der Waals surface area contributed by atoms with Gasteiger partial charge in [-0.1, -0.05) is 37.8 Å². The number of ether oxygens (including phenoxy) is 3. The van der Waals surface area contributed by atoms with Crippen LogP contribution < -0.4 is 18.5 Å². The fraction of sp³-hybridized carbons (Fsp3) is 0.367. The van der Waals surface area contributed by atoms with E-state index in [4.69, 9.17) is 14.2 Å². The predicted molar refractivity (Wildman–Crippen MR) is 169 cm³/mol. The molecule has 2 heterocycles. The summed E-state index contributed by atoms with van der Waals surface area (Å²) in [7, 11) is -2.00. The van der Waals surface area contributed by atoms with Crippen molar-refractivity contribution in [3.63, 3.8) is 0 Å². The predicted octanol–water partition coefficient (Wildman–Crippen LogP) is 5.23. The summed E-state index contributed by atoms with van der Waals surface area (Å²) in [6, 6.07) is 13.2. The number of pyridine rings is 1. The first-order valence-corrected chi connectivity index (χ1v) is 19.3. The fourth-order valence-corrected chi connectivity index (χ4v) is 7.27. The van der Waals surface area contributed by atoms with E-state index in [-0.39, 0.29) is 29.8 Å². The Morgan fingerprint density at radius 3 is 2.18 bits per heavy atom. The molecule has 0 aliphatic heterocycles. The first kappa shape index (κ1) is 33.8. The largest absolute Gasteiger partial charge is 0.494 e. The second kappa shape index (κ2) is 13.5. The number of aliphatic hydroxyl groups is 1. The number of anilines is 1. The smallest absolute Gasteiger partial charge is 0.246 e. The van der Waals surface area contributed by atoms with Crippen LogP contribution in [-0.2, 0) is 10.0 Å². The van der Waals surface area contributed by atoms with Gasteiger partial charge in [-0.25, -0.2) is 26.5 Å². The van der Waals surface area contributed by atoms with Crippen LogP contribution in [0.25, 0.3) is 17.2 Å². The molecule has 242 valence electrons. The highest BCUT2D eigenvalue weighted by atomic mass is 32.2. The van der Waals surface area contributed by atoms with E-state index in [0.29, 0.717) is 35.0 Å². The maximum atomic E-state index is 14.7. The Kier molecular flexibility index (Phi) is 10.1. The molecule has 2 aromatic heterocycles. The second-order valence-corrected chi connectivity index (χ2v) is 19.3. The summed E-state index contributed by atoms with van der Waals surface area (Å²) in [6.07, 6.45) is -1.83. The third-order valence-electron chi connectivity index (χ3n) is 7.22. The molecule has 2 aromatic carbocycles. The van der Waals surface area contributed by atoms with Crippen LogP contribution in [0.3, 0.4) is 0 Å². The third kappa shape index (κ3) is 7.10. The highest BCUT2D eigenvalue weighted by Gasteiger charge is 2.40. The lowest BCUT2D eigenvalue weighted by Crippen LogP contribution is -2.44. The van der Waals surface area contributed by atoms with E-state index in [1.165, 1.54) is 32.8 Å². The van der Waals surface area contributed by atoms with Crippen molar-refractivity contribution in [2.24, 2.45) is 0 Å². The van der Waals surface area contributed by atoms with Gasteiger partial charge in [-0.3, -0.25) is 4.57 Å². The Bertz CT molecular complexity index is 1740. The van der Waals surface area contributed by atoms with Gasteiger partial charge < -0.3 is 19.3 Å². The van der Waals surface area contributed by atoms with Crippen molar-refractivity contribution in [2.45, 2.75) is 44.0 Å². The maximum absolute atomic E-state index is 14.7. The summed E-state index contributed by atoms with van der Waals surface area (Å²) >= 11 is 0. The summed E-state index contributed by atoms with van der Waals surface area (Å²) in [5, 5.41) is 18.3. The molecule has 0 bridgehead atoms. The molecular weight excluding hydrogens is 625 g/mol. The van der Waals surface area contributed by atoms with E-state index in [1.807, 2.05) is 0 Å². The number of hydrogen-bond acceptors (Lipinski definition) is 9. The zero-order valence-corrected chi connectivity index (χ0v) is 28.0. The van der Waals surface area contributed by atoms with Gasteiger partial charge in [0.2, 0.25) is 21.9 Å². The zero-order chi connectivity index (χ0) is 33.1. The molecular formula is C30H37F2N5O6SSi. The number of sulfonamides is 1. The minimum absolute atomic E-state index is 0.0256. The van der Waals surface area contributed by atoms with Crippen LogP contribution in [-0.4, -0.2) is 74.5 Å². The number of rotatable bonds is 13. The summed E-state index contributed by atoms with van der Waals surface area (Å²) in [5.41, 5.74) is 0.255. The lowest BCUT2D eigenvalue weighted by molar-refractivity contribution is 0.171. The van der Waals surface area contributed by atoms with Gasteiger partial charge >= 0.3 is 0 Å². The van der Waals surface area contributed by atoms with Gasteiger partial charge in [0, 0.05) is 32.3 Å². The van der Waals surface area contributed by atoms with Crippen LogP contribution in [0.4, 0.5) is 14.7 Å². The Balaban J connectivity index is 2.00. The summed E-state index contributed by atoms with van der Waals surface area (Å²) in [4.78, 5) is 4.50. The molecule has 0 amide bonds. The Labute approximate surface area is 262 Å². The number of para-hydroxylation sites is 1. The first-order valence-electron chi connectivity index (χ1n) is 14.1. The average Bonchev–Trinajstić information content (AvgIpc) is 3.43. The highest BCUT2D eigenvalue weighted by Crippen LogP contribution is 2.40. The maximum Gasteiger partial charge on any atom is 0.246 e. The molecule has 2 atom stereocenters. The molecule has 0 saturated heterocycles. The number of aromatic nitrogens is 4. The van der Waals surface area contributed by atoms with Gasteiger partial charge in [0.15, 0.2) is 5.82 Å². The number of benzene rings is 2. The molecule has 15 heteroatoms. The van der Waals surface area contributed by atoms with Crippen molar-refractivity contribution in [1.29, 1.82) is 0 Å². The van der Waals surface area contributed by atoms with Crippen LogP contribution in [0.15, 0.2) is 54.6 Å². The third-order valence-corrected chi connectivity index (χ3v) is 11.1. The Hall–Kier alpha value is -4.08. The van der Waals surface area contributed by atoms with Crippen molar-refractivity contribution < 1.29 is 36.5 Å². The van der Waals surface area contributed by atoms with Gasteiger partial charge in [-0.05, 0) is 37.2 Å². The summed E-state index contributed by atoms with van der Waals surface area (Å²) < 4.78 is 76.5. The summed E-state index contributed by atoms with van der Waals surface area (Å²) in [6.45, 7) is 7.50. The van der Waals surface area contributed by atoms with E-state index in [2.05, 4.69) is 34.8 Å². The van der Waals surface area contributed by atoms with Crippen LogP contribution in [0.1, 0.15) is 18.6 Å². The van der Waals surface area contributed by atoms with Crippen molar-refractivity contribution in [2.75, 3.05) is 32.2 Å². The average molecular weight is 662 g/mol. The van der Waals surface area contributed by atoms with Crippen LogP contribution >= 0.6 is 0 Å². The molecule has 0 aliphatic rings. The molecule has 4 rings (SSSR count). The lowest BCUT2D eigenvalue weighted by Gasteiger charge is -2.31. The van der Waals surface area contributed by atoms with Crippen LogP contribution in [0.5, 0.6) is 17.4 Å². The molecule has 1 N–H and O–H groups in total. The van der Waals surface area contributed by atoms with Crippen molar-refractivity contribution >= 4 is 24.0 Å². The number of methoxy groups -OCH3 is 3. The molecule has 0 aliphatic carbocycles. The standard InChI is InChI=1S/C30H37F2N5O6SSi/c1-19(28(38)21-15-14-20(31)18-22(21)32)44(39,40)36(16-17-45(5,6)7)30-35-34-29(23-10-8-13-26(33-23)43-4)37(30)27-24(41-2)11-9-12-25(27)42-3/h8-15,18-19,28,38H,16-17H2,1-7H3/t19-,28-/m1/s1. The fourth-order valence-electron chi connectivity index (χ4n) is 4.65. The van der Waals surface area contributed by atoms with Gasteiger partial charge in [0.1, 0.15) is 45.9 Å². The van der Waals surface area contributed by atoms with E-state index >= 15 is 0 Å². The molecule has 45 heavy (non-hydrogen) atoms. The van der Waals surface area contributed by atoms with Gasteiger partial charge in [-0.15, -0.1) is 10.2 Å². The minimum Gasteiger partial charge on any atom is -0.494 e. The van der Waals surface area contributed by atoms with Crippen LogP contribution in [0.2, 0.25) is 25.7 Å². The molecule has 0 spiro atoms. The number of nitrogens with zero attached hydrogens (tertiary/aromatic N) is 5. The Morgan fingerprint density at radius 1 is 0.956 bits per heavy atom. The summed E-state index contributed by atoms with van der Waals surface area (Å²) in [5.74, 6) is -0.962. The monoisotopic (exact) mass is 661 g/mol. The minimum atomic E-state index is -4.51. The molecule has 0 saturated carbocycles. The van der Waals surface area contributed by atoms with E-state index in [0.717, 1.165) is 16.4 Å². The van der Waals surface area contributed by atoms with Crippen molar-refractivity contribution in [1.82, 2.24) is 19.7 Å². The highest BCUT2D eigenvalue weighted by molar-refractivity contribution is 7.93. The molecule has 0 unspecified atom stereocenters. The normalized spacial score (nSPS) is 13.3. The van der Waals surface area contributed by atoms with Gasteiger partial charge in [0.05, 0.1) is 21.3 Å². The van der Waals surface area contributed by atoms with Gasteiger partial charge in [0.25, 0.3) is 0 Å². The second-order valence-electron chi connectivity index (χ2n) is 11.5. The quantitative estimate of drug-likeness (QED) is 0.192. The zero-order valence-electron chi connectivity index (χ0n) is 26.2. The lowest BCUT2D eigenvalue weighted by atomic mass is 10.1. The van der Waals surface area contributed by atoms with Crippen LogP contribution in [0, 0.1) is 11.6 Å². The molecule has 11 nitrogen and oxygen atoms in total. The molecule has 0 radical (unpaired) electrons. The van der Waals surface area contributed by atoms with Gasteiger partial charge in [-0.2, -0.15) is 0 Å². The first-order chi connectivity index (χ1) is 21.2. The number of hydrogen-bond donors (Lipinski definition) is 1. The topological polar surface area (TPSA) is 129 Å². The molecule has 0 fully saturated rings. The van der Waals surface area contributed by atoms with Crippen molar-refractivity contribution in [3.8, 4) is 34.6 Å². The molecule has 4 aromatic rings. The number of aliphatic hydroxyl groups excluding tert-OH is 1. The van der Waals surface area contributed by atoms with Crippen molar-refractivity contribution in [3.05, 3.63) is 71.8 Å². The Morgan fingerprint density at radius 2 is 1.60 bits per heavy atom. The van der Waals surface area contributed by atoms with E-state index in [1.54, 1.807) is 36.4 Å².